The monoisotopic (exact) mass is 194 g/mol. The molecule has 1 rings (SSSR count). The highest BCUT2D eigenvalue weighted by molar-refractivity contribution is 7.51. The summed E-state index contributed by atoms with van der Waals surface area (Å²) in [5.74, 6) is 0. The number of aliphatic hydroxyl groups is 1. The fourth-order valence-corrected chi connectivity index (χ4v) is 2.24. The van der Waals surface area contributed by atoms with Gasteiger partial charge in [-0.15, -0.1) is 0 Å². The van der Waals surface area contributed by atoms with Gasteiger partial charge in [0.25, 0.3) is 0 Å². The molecule has 0 saturated heterocycles. The molecule has 0 aromatic heterocycles. The van der Waals surface area contributed by atoms with Gasteiger partial charge in [0.2, 0.25) is 0 Å². The van der Waals surface area contributed by atoms with E-state index in [2.05, 4.69) is 0 Å². The zero-order valence-corrected chi connectivity index (χ0v) is 8.04. The topological polar surface area (TPSA) is 66.8 Å². The Kier molecular flexibility index (Phi) is 3.29. The molecule has 1 aliphatic carbocycles. The number of hydrogen-bond donors (Lipinski definition) is 2. The quantitative estimate of drug-likeness (QED) is 0.646. The van der Waals surface area contributed by atoms with Crippen LogP contribution in [0.2, 0.25) is 0 Å². The average Bonchev–Trinajstić information content (AvgIpc) is 1.82. The molecule has 72 valence electrons. The predicted molar refractivity (Wildman–Crippen MR) is 45.1 cm³/mol. The first-order valence-electron chi connectivity index (χ1n) is 4.14. The van der Waals surface area contributed by atoms with Gasteiger partial charge in [-0.1, -0.05) is 0 Å². The van der Waals surface area contributed by atoms with Crippen molar-refractivity contribution >= 4 is 7.60 Å². The van der Waals surface area contributed by atoms with Crippen molar-refractivity contribution in [3.8, 4) is 0 Å². The second-order valence-corrected chi connectivity index (χ2v) is 5.17. The Morgan fingerprint density at radius 3 is 2.67 bits per heavy atom. The summed E-state index contributed by atoms with van der Waals surface area (Å²) < 4.78 is 15.7. The molecule has 3 atom stereocenters. The van der Waals surface area contributed by atoms with Crippen molar-refractivity contribution in [1.29, 1.82) is 0 Å². The molecule has 0 heterocycles. The van der Waals surface area contributed by atoms with E-state index in [1.807, 2.05) is 0 Å². The second kappa shape index (κ2) is 3.88. The lowest BCUT2D eigenvalue weighted by Gasteiger charge is -2.26. The minimum absolute atomic E-state index is 0.241. The largest absolute Gasteiger partial charge is 0.393 e. The van der Waals surface area contributed by atoms with Gasteiger partial charge in [0.05, 0.1) is 12.2 Å². The Hall–Kier alpha value is 0.110. The summed E-state index contributed by atoms with van der Waals surface area (Å²) in [6, 6.07) is 0. The molecular formula is C7H15O4P. The summed E-state index contributed by atoms with van der Waals surface area (Å²) in [5, 5.41) is 9.23. The number of hydrogen-bond acceptors (Lipinski definition) is 3. The Balaban J connectivity index is 2.37. The van der Waals surface area contributed by atoms with Gasteiger partial charge in [-0.3, -0.25) is 4.57 Å². The summed E-state index contributed by atoms with van der Waals surface area (Å²) in [7, 11) is -3.37. The second-order valence-electron chi connectivity index (χ2n) is 3.35. The maximum Gasteiger partial charge on any atom is 0.325 e. The van der Waals surface area contributed by atoms with E-state index < -0.39 is 7.60 Å². The van der Waals surface area contributed by atoms with Crippen molar-refractivity contribution < 1.29 is 19.1 Å². The molecule has 0 aliphatic heterocycles. The molecule has 12 heavy (non-hydrogen) atoms. The first-order chi connectivity index (χ1) is 5.47. The molecule has 1 fully saturated rings. The van der Waals surface area contributed by atoms with Crippen LogP contribution >= 0.6 is 7.60 Å². The highest BCUT2D eigenvalue weighted by atomic mass is 31.2. The van der Waals surface area contributed by atoms with Gasteiger partial charge >= 0.3 is 7.60 Å². The summed E-state index contributed by atoms with van der Waals surface area (Å²) in [5.41, 5.74) is 0. The third kappa shape index (κ3) is 3.68. The van der Waals surface area contributed by atoms with E-state index in [9.17, 15) is 9.67 Å². The van der Waals surface area contributed by atoms with E-state index in [-0.39, 0.29) is 12.2 Å². The Labute approximate surface area is 72.1 Å². The lowest BCUT2D eigenvalue weighted by atomic mass is 9.95. The first-order valence-corrected chi connectivity index (χ1v) is 6.16. The molecule has 0 aromatic rings. The maximum atomic E-state index is 10.8. The highest BCUT2D eigenvalue weighted by Crippen LogP contribution is 2.41. The summed E-state index contributed by atoms with van der Waals surface area (Å²) in [6.07, 6.45) is 2.30. The molecule has 1 aliphatic rings. The summed E-state index contributed by atoms with van der Waals surface area (Å²) >= 11 is 0. The highest BCUT2D eigenvalue weighted by Gasteiger charge is 2.25. The van der Waals surface area contributed by atoms with E-state index in [1.165, 1.54) is 6.66 Å². The Morgan fingerprint density at radius 2 is 2.17 bits per heavy atom. The standard InChI is InChI=1S/C7H15O4P/c1-12(9,10)11-7-4-2-3-6(8)5-7/h6-8H,2-5H2,1H3,(H,9,10). The van der Waals surface area contributed by atoms with Gasteiger partial charge in [-0.2, -0.15) is 0 Å². The van der Waals surface area contributed by atoms with Crippen molar-refractivity contribution in [2.75, 3.05) is 6.66 Å². The predicted octanol–water partition coefficient (Wildman–Crippen LogP) is 1.12. The van der Waals surface area contributed by atoms with Crippen molar-refractivity contribution in [1.82, 2.24) is 0 Å². The van der Waals surface area contributed by atoms with E-state index in [1.54, 1.807) is 0 Å². The molecule has 0 amide bonds. The Bertz CT molecular complexity index is 188. The van der Waals surface area contributed by atoms with Crippen LogP contribution in [-0.4, -0.2) is 28.9 Å². The molecule has 0 aromatic carbocycles. The van der Waals surface area contributed by atoms with Crippen LogP contribution in [0.1, 0.15) is 25.7 Å². The normalized spacial score (nSPS) is 35.9. The van der Waals surface area contributed by atoms with Gasteiger partial charge in [0.1, 0.15) is 0 Å². The van der Waals surface area contributed by atoms with Crippen LogP contribution in [-0.2, 0) is 9.09 Å². The van der Waals surface area contributed by atoms with Crippen LogP contribution in [0.3, 0.4) is 0 Å². The molecule has 0 spiro atoms. The molecule has 0 radical (unpaired) electrons. The third-order valence-corrected chi connectivity index (χ3v) is 2.63. The average molecular weight is 194 g/mol. The van der Waals surface area contributed by atoms with Crippen LogP contribution in [0, 0.1) is 0 Å². The van der Waals surface area contributed by atoms with Gasteiger partial charge in [-0.25, -0.2) is 0 Å². The van der Waals surface area contributed by atoms with Gasteiger partial charge in [0, 0.05) is 13.1 Å². The fraction of sp³-hybridized carbons (Fsp3) is 1.00. The van der Waals surface area contributed by atoms with Crippen LogP contribution in [0.5, 0.6) is 0 Å². The van der Waals surface area contributed by atoms with Crippen LogP contribution in [0.25, 0.3) is 0 Å². The zero-order chi connectivity index (χ0) is 9.19. The van der Waals surface area contributed by atoms with Gasteiger partial charge in [0.15, 0.2) is 0 Å². The molecule has 4 nitrogen and oxygen atoms in total. The van der Waals surface area contributed by atoms with E-state index in [0.29, 0.717) is 6.42 Å². The van der Waals surface area contributed by atoms with E-state index >= 15 is 0 Å². The molecular weight excluding hydrogens is 179 g/mol. The zero-order valence-electron chi connectivity index (χ0n) is 7.14. The van der Waals surface area contributed by atoms with Crippen molar-refractivity contribution in [3.05, 3.63) is 0 Å². The minimum atomic E-state index is -3.37. The van der Waals surface area contributed by atoms with Crippen LogP contribution < -0.4 is 0 Å². The SMILES string of the molecule is CP(=O)(O)OC1CCCC(O)C1. The molecule has 5 heteroatoms. The first kappa shape index (κ1) is 10.2. The van der Waals surface area contributed by atoms with Crippen molar-refractivity contribution in [2.45, 2.75) is 37.9 Å². The van der Waals surface area contributed by atoms with Crippen LogP contribution in [0.15, 0.2) is 0 Å². The minimum Gasteiger partial charge on any atom is -0.393 e. The maximum absolute atomic E-state index is 10.8. The van der Waals surface area contributed by atoms with Crippen molar-refractivity contribution in [2.24, 2.45) is 0 Å². The van der Waals surface area contributed by atoms with Crippen LogP contribution in [0.4, 0.5) is 0 Å². The number of aliphatic hydroxyl groups excluding tert-OH is 1. The molecule has 1 saturated carbocycles. The van der Waals surface area contributed by atoms with Gasteiger partial charge < -0.3 is 14.5 Å². The lowest BCUT2D eigenvalue weighted by molar-refractivity contribution is 0.0489. The molecule has 2 N–H and O–H groups in total. The van der Waals surface area contributed by atoms with Crippen molar-refractivity contribution in [3.63, 3.8) is 0 Å². The third-order valence-electron chi connectivity index (χ3n) is 1.94. The van der Waals surface area contributed by atoms with Gasteiger partial charge in [-0.05, 0) is 19.3 Å². The smallest absolute Gasteiger partial charge is 0.325 e. The summed E-state index contributed by atoms with van der Waals surface area (Å²) in [4.78, 5) is 8.91. The fourth-order valence-electron chi connectivity index (χ4n) is 1.49. The Morgan fingerprint density at radius 1 is 1.50 bits per heavy atom. The van der Waals surface area contributed by atoms with E-state index in [0.717, 1.165) is 19.3 Å². The van der Waals surface area contributed by atoms with E-state index in [4.69, 9.17) is 9.42 Å². The number of rotatable bonds is 2. The molecule has 0 bridgehead atoms. The lowest BCUT2D eigenvalue weighted by Crippen LogP contribution is -2.25. The molecule has 3 unspecified atom stereocenters. The summed E-state index contributed by atoms with van der Waals surface area (Å²) in [6.45, 7) is 1.17.